The van der Waals surface area contributed by atoms with Crippen molar-refractivity contribution in [2.45, 2.75) is 38.9 Å². The van der Waals surface area contributed by atoms with Gasteiger partial charge in [0.2, 0.25) is 5.91 Å². The molecular formula is C12H24N2O3S. The van der Waals surface area contributed by atoms with E-state index in [1.807, 2.05) is 6.92 Å². The van der Waals surface area contributed by atoms with Crippen LogP contribution in [-0.4, -0.2) is 41.2 Å². The summed E-state index contributed by atoms with van der Waals surface area (Å²) < 4.78 is 0. The molecule has 3 N–H and O–H groups in total. The van der Waals surface area contributed by atoms with Gasteiger partial charge in [-0.3, -0.25) is 10.1 Å². The highest BCUT2D eigenvalue weighted by Gasteiger charge is 2.09. The molecule has 0 aromatic carbocycles. The highest BCUT2D eigenvalue weighted by atomic mass is 32.2. The summed E-state index contributed by atoms with van der Waals surface area (Å²) in [5.74, 6) is 0.460. The third-order valence-corrected chi connectivity index (χ3v) is 3.53. The Labute approximate surface area is 113 Å². The van der Waals surface area contributed by atoms with Crippen LogP contribution in [-0.2, 0) is 4.79 Å². The molecule has 0 saturated carbocycles. The number of amides is 3. The molecule has 5 nitrogen and oxygen atoms in total. The summed E-state index contributed by atoms with van der Waals surface area (Å²) in [7, 11) is 0. The van der Waals surface area contributed by atoms with Gasteiger partial charge >= 0.3 is 6.03 Å². The van der Waals surface area contributed by atoms with Crippen molar-refractivity contribution in [2.24, 2.45) is 5.92 Å². The first-order valence-electron chi connectivity index (χ1n) is 6.25. The molecule has 0 rings (SSSR count). The van der Waals surface area contributed by atoms with Crippen LogP contribution in [0.2, 0.25) is 0 Å². The monoisotopic (exact) mass is 276 g/mol. The number of hydrogen-bond donors (Lipinski definition) is 3. The van der Waals surface area contributed by atoms with E-state index in [4.69, 9.17) is 5.11 Å². The van der Waals surface area contributed by atoms with Crippen LogP contribution >= 0.6 is 11.8 Å². The predicted octanol–water partition coefficient (Wildman–Crippen LogP) is 1.36. The van der Waals surface area contributed by atoms with E-state index in [2.05, 4.69) is 24.5 Å². The lowest BCUT2D eigenvalue weighted by Crippen LogP contribution is -2.41. The molecule has 1 unspecified atom stereocenters. The number of imide groups is 1. The topological polar surface area (TPSA) is 78.4 Å². The van der Waals surface area contributed by atoms with Crippen molar-refractivity contribution in [1.29, 1.82) is 0 Å². The van der Waals surface area contributed by atoms with Crippen LogP contribution in [0.1, 0.15) is 33.6 Å². The Morgan fingerprint density at radius 2 is 1.89 bits per heavy atom. The number of aliphatic hydroxyl groups excluding tert-OH is 1. The van der Waals surface area contributed by atoms with Crippen LogP contribution in [0.4, 0.5) is 4.79 Å². The lowest BCUT2D eigenvalue weighted by Gasteiger charge is -2.10. The van der Waals surface area contributed by atoms with Crippen LogP contribution in [0.15, 0.2) is 0 Å². The van der Waals surface area contributed by atoms with E-state index in [0.717, 1.165) is 6.42 Å². The first-order valence-corrected chi connectivity index (χ1v) is 7.30. The Kier molecular flexibility index (Phi) is 9.77. The van der Waals surface area contributed by atoms with Crippen molar-refractivity contribution in [1.82, 2.24) is 10.6 Å². The van der Waals surface area contributed by atoms with Gasteiger partial charge in [-0.15, -0.1) is 11.8 Å². The number of urea groups is 1. The van der Waals surface area contributed by atoms with Gasteiger partial charge in [0, 0.05) is 18.4 Å². The standard InChI is InChI=1S/C12H24N2O3S/c1-9(2)4-6-13-12(17)14-11(16)8-18-10(3)5-7-15/h9-10,15H,4-8H2,1-3H3,(H2,13,14,16,17). The Hall–Kier alpha value is -0.750. The smallest absolute Gasteiger partial charge is 0.321 e. The summed E-state index contributed by atoms with van der Waals surface area (Å²) in [4.78, 5) is 22.7. The molecule has 1 atom stereocenters. The summed E-state index contributed by atoms with van der Waals surface area (Å²) in [6.45, 7) is 6.78. The quantitative estimate of drug-likeness (QED) is 0.625. The van der Waals surface area contributed by atoms with E-state index in [1.54, 1.807) is 0 Å². The number of carbonyl (C=O) groups is 2. The largest absolute Gasteiger partial charge is 0.396 e. The zero-order valence-electron chi connectivity index (χ0n) is 11.4. The van der Waals surface area contributed by atoms with Gasteiger partial charge in [0.1, 0.15) is 0 Å². The summed E-state index contributed by atoms with van der Waals surface area (Å²) in [5, 5.41) is 13.8. The van der Waals surface area contributed by atoms with Gasteiger partial charge in [-0.25, -0.2) is 4.79 Å². The van der Waals surface area contributed by atoms with E-state index < -0.39 is 6.03 Å². The fraction of sp³-hybridized carbons (Fsp3) is 0.833. The number of aliphatic hydroxyl groups is 1. The van der Waals surface area contributed by atoms with Gasteiger partial charge < -0.3 is 10.4 Å². The highest BCUT2D eigenvalue weighted by Crippen LogP contribution is 2.12. The van der Waals surface area contributed by atoms with Crippen LogP contribution < -0.4 is 10.6 Å². The van der Waals surface area contributed by atoms with Crippen molar-refractivity contribution in [3.63, 3.8) is 0 Å². The molecule has 106 valence electrons. The van der Waals surface area contributed by atoms with E-state index >= 15 is 0 Å². The SMILES string of the molecule is CC(C)CCNC(=O)NC(=O)CSC(C)CCO. The van der Waals surface area contributed by atoms with E-state index in [0.29, 0.717) is 18.9 Å². The van der Waals surface area contributed by atoms with E-state index in [1.165, 1.54) is 11.8 Å². The number of hydrogen-bond acceptors (Lipinski definition) is 4. The van der Waals surface area contributed by atoms with Crippen LogP contribution in [0.25, 0.3) is 0 Å². The molecule has 0 aromatic heterocycles. The lowest BCUT2D eigenvalue weighted by molar-refractivity contribution is -0.117. The van der Waals surface area contributed by atoms with Gasteiger partial charge in [0.05, 0.1) is 5.75 Å². The van der Waals surface area contributed by atoms with Gasteiger partial charge in [-0.1, -0.05) is 20.8 Å². The first-order chi connectivity index (χ1) is 8.45. The summed E-state index contributed by atoms with van der Waals surface area (Å²) >= 11 is 1.43. The molecule has 3 amide bonds. The van der Waals surface area contributed by atoms with Crippen molar-refractivity contribution >= 4 is 23.7 Å². The van der Waals surface area contributed by atoms with Crippen molar-refractivity contribution in [3.05, 3.63) is 0 Å². The normalized spacial score (nSPS) is 12.3. The van der Waals surface area contributed by atoms with Crippen LogP contribution in [0, 0.1) is 5.92 Å². The predicted molar refractivity (Wildman–Crippen MR) is 74.6 cm³/mol. The number of thioether (sulfide) groups is 1. The summed E-state index contributed by atoms with van der Waals surface area (Å²) in [6, 6.07) is -0.434. The molecule has 0 aliphatic carbocycles. The molecule has 0 aliphatic rings. The summed E-state index contributed by atoms with van der Waals surface area (Å²) in [6.07, 6.45) is 1.54. The average molecular weight is 276 g/mol. The molecule has 0 aromatic rings. The van der Waals surface area contributed by atoms with Gasteiger partial charge in [0.15, 0.2) is 0 Å². The minimum atomic E-state index is -0.434. The van der Waals surface area contributed by atoms with Crippen molar-refractivity contribution in [3.8, 4) is 0 Å². The second kappa shape index (κ2) is 10.2. The fourth-order valence-corrected chi connectivity index (χ4v) is 1.94. The molecule has 6 heteroatoms. The molecular weight excluding hydrogens is 252 g/mol. The maximum Gasteiger partial charge on any atom is 0.321 e. The molecule has 0 bridgehead atoms. The van der Waals surface area contributed by atoms with Crippen LogP contribution in [0.3, 0.4) is 0 Å². The molecule has 0 heterocycles. The molecule has 0 spiro atoms. The van der Waals surface area contributed by atoms with E-state index in [-0.39, 0.29) is 23.5 Å². The molecule has 0 saturated heterocycles. The zero-order valence-corrected chi connectivity index (χ0v) is 12.2. The Bertz CT molecular complexity index is 260. The molecule has 0 radical (unpaired) electrons. The zero-order chi connectivity index (χ0) is 14.0. The third-order valence-electron chi connectivity index (χ3n) is 2.29. The maximum absolute atomic E-state index is 11.4. The minimum Gasteiger partial charge on any atom is -0.396 e. The lowest BCUT2D eigenvalue weighted by atomic mass is 10.1. The third kappa shape index (κ3) is 10.4. The second-order valence-corrected chi connectivity index (χ2v) is 6.05. The molecule has 18 heavy (non-hydrogen) atoms. The summed E-state index contributed by atoms with van der Waals surface area (Å²) in [5.41, 5.74) is 0. The van der Waals surface area contributed by atoms with Gasteiger partial charge in [-0.05, 0) is 18.8 Å². The number of carbonyl (C=O) groups excluding carboxylic acids is 2. The average Bonchev–Trinajstić information content (AvgIpc) is 2.26. The second-order valence-electron chi connectivity index (χ2n) is 4.62. The number of nitrogens with one attached hydrogen (secondary N) is 2. The number of rotatable bonds is 8. The Morgan fingerprint density at radius 1 is 1.22 bits per heavy atom. The minimum absolute atomic E-state index is 0.117. The fourth-order valence-electron chi connectivity index (χ4n) is 1.16. The van der Waals surface area contributed by atoms with E-state index in [9.17, 15) is 9.59 Å². The van der Waals surface area contributed by atoms with Crippen molar-refractivity contribution < 1.29 is 14.7 Å². The molecule has 0 aliphatic heterocycles. The maximum atomic E-state index is 11.4. The van der Waals surface area contributed by atoms with Gasteiger partial charge in [-0.2, -0.15) is 0 Å². The van der Waals surface area contributed by atoms with Crippen molar-refractivity contribution in [2.75, 3.05) is 18.9 Å². The highest BCUT2D eigenvalue weighted by molar-refractivity contribution is 8.00. The molecule has 0 fully saturated rings. The van der Waals surface area contributed by atoms with Gasteiger partial charge in [0.25, 0.3) is 0 Å². The first kappa shape index (κ1) is 17.2. The Balaban J connectivity index is 3.64. The Morgan fingerprint density at radius 3 is 2.44 bits per heavy atom. The van der Waals surface area contributed by atoms with Crippen LogP contribution in [0.5, 0.6) is 0 Å².